The van der Waals surface area contributed by atoms with Crippen LogP contribution < -0.4 is 11.0 Å². The van der Waals surface area contributed by atoms with Crippen molar-refractivity contribution in [2.45, 2.75) is 19.4 Å². The first-order valence-corrected chi connectivity index (χ1v) is 8.60. The van der Waals surface area contributed by atoms with E-state index in [1.165, 1.54) is 0 Å². The summed E-state index contributed by atoms with van der Waals surface area (Å²) in [5.41, 5.74) is 5.49. The molecule has 5 nitrogen and oxygen atoms in total. The second-order valence-electron chi connectivity index (χ2n) is 5.69. The van der Waals surface area contributed by atoms with Gasteiger partial charge in [0.2, 0.25) is 0 Å². The molecule has 1 aromatic heterocycles. The van der Waals surface area contributed by atoms with Crippen molar-refractivity contribution in [1.82, 2.24) is 9.55 Å². The second kappa shape index (κ2) is 6.20. The molecule has 0 aliphatic carbocycles. The highest BCUT2D eigenvalue weighted by atomic mass is 79.9. The number of fused-ring (bicyclic) bond motifs is 2. The molecule has 0 fully saturated rings. The molecule has 0 saturated heterocycles. The SMILES string of the molecule is O=c1c2ccccc2nc2n1CCCC2=NNc1ccc(Br)cc1. The number of hydrogen-bond acceptors (Lipinski definition) is 4. The molecule has 6 heteroatoms. The first kappa shape index (κ1) is 15.1. The van der Waals surface area contributed by atoms with Crippen molar-refractivity contribution in [3.8, 4) is 0 Å². The average molecular weight is 383 g/mol. The van der Waals surface area contributed by atoms with Gasteiger partial charge in [0.15, 0.2) is 5.82 Å². The monoisotopic (exact) mass is 382 g/mol. The molecule has 2 aromatic carbocycles. The van der Waals surface area contributed by atoms with Crippen LogP contribution in [0.4, 0.5) is 5.69 Å². The van der Waals surface area contributed by atoms with E-state index in [9.17, 15) is 4.79 Å². The number of nitrogens with one attached hydrogen (secondary N) is 1. The van der Waals surface area contributed by atoms with Crippen LogP contribution in [0.15, 0.2) is 62.9 Å². The normalized spacial score (nSPS) is 15.5. The number of halogens is 1. The molecule has 3 aromatic rings. The van der Waals surface area contributed by atoms with Gasteiger partial charge in [-0.15, -0.1) is 0 Å². The Labute approximate surface area is 147 Å². The van der Waals surface area contributed by atoms with Crippen molar-refractivity contribution >= 4 is 38.2 Å². The number of anilines is 1. The molecule has 24 heavy (non-hydrogen) atoms. The lowest BCUT2D eigenvalue weighted by atomic mass is 10.1. The van der Waals surface area contributed by atoms with E-state index in [4.69, 9.17) is 0 Å². The van der Waals surface area contributed by atoms with Gasteiger partial charge in [-0.25, -0.2) is 4.98 Å². The van der Waals surface area contributed by atoms with Gasteiger partial charge < -0.3 is 0 Å². The van der Waals surface area contributed by atoms with E-state index in [-0.39, 0.29) is 5.56 Å². The van der Waals surface area contributed by atoms with Gasteiger partial charge in [-0.3, -0.25) is 14.8 Å². The van der Waals surface area contributed by atoms with Gasteiger partial charge in [-0.1, -0.05) is 28.1 Å². The summed E-state index contributed by atoms with van der Waals surface area (Å²) >= 11 is 3.41. The molecule has 120 valence electrons. The largest absolute Gasteiger partial charge is 0.291 e. The Kier molecular flexibility index (Phi) is 3.90. The van der Waals surface area contributed by atoms with Gasteiger partial charge >= 0.3 is 0 Å². The van der Waals surface area contributed by atoms with Crippen molar-refractivity contribution in [2.24, 2.45) is 5.10 Å². The molecule has 0 radical (unpaired) electrons. The van der Waals surface area contributed by atoms with Gasteiger partial charge in [0, 0.05) is 11.0 Å². The highest BCUT2D eigenvalue weighted by molar-refractivity contribution is 9.10. The van der Waals surface area contributed by atoms with Crippen molar-refractivity contribution in [3.63, 3.8) is 0 Å². The quantitative estimate of drug-likeness (QED) is 0.686. The van der Waals surface area contributed by atoms with Crippen molar-refractivity contribution in [1.29, 1.82) is 0 Å². The number of rotatable bonds is 2. The average Bonchev–Trinajstić information content (AvgIpc) is 2.62. The standard InChI is InChI=1S/C18H15BrN4O/c19-12-7-9-13(10-8-12)21-22-16-6-3-11-23-17(16)20-15-5-2-1-4-14(15)18(23)24/h1-2,4-5,7-10,21H,3,6,11H2. The minimum absolute atomic E-state index is 0.00615. The van der Waals surface area contributed by atoms with E-state index in [1.54, 1.807) is 4.57 Å². The van der Waals surface area contributed by atoms with Crippen molar-refractivity contribution in [3.05, 3.63) is 69.2 Å². The molecule has 0 atom stereocenters. The lowest BCUT2D eigenvalue weighted by Gasteiger charge is -2.19. The number of benzene rings is 2. The Hall–Kier alpha value is -2.47. The zero-order valence-corrected chi connectivity index (χ0v) is 14.5. The number of aromatic nitrogens is 2. The third-order valence-corrected chi connectivity index (χ3v) is 4.61. The van der Waals surface area contributed by atoms with Gasteiger partial charge in [-0.2, -0.15) is 5.10 Å². The maximum absolute atomic E-state index is 12.7. The molecular formula is C18H15BrN4O. The topological polar surface area (TPSA) is 59.3 Å². The zero-order chi connectivity index (χ0) is 16.5. The Balaban J connectivity index is 1.76. The smallest absolute Gasteiger partial charge is 0.261 e. The summed E-state index contributed by atoms with van der Waals surface area (Å²) in [6.45, 7) is 0.684. The van der Waals surface area contributed by atoms with Crippen LogP contribution in [-0.2, 0) is 6.54 Å². The van der Waals surface area contributed by atoms with E-state index < -0.39 is 0 Å². The molecule has 0 unspecified atom stereocenters. The van der Waals surface area contributed by atoms with Crippen LogP contribution >= 0.6 is 15.9 Å². The Bertz CT molecular complexity index is 992. The highest BCUT2D eigenvalue weighted by Crippen LogP contribution is 2.17. The maximum atomic E-state index is 12.7. The first-order valence-electron chi connectivity index (χ1n) is 7.80. The Morgan fingerprint density at radius 1 is 1.12 bits per heavy atom. The lowest BCUT2D eigenvalue weighted by molar-refractivity contribution is 0.597. The highest BCUT2D eigenvalue weighted by Gasteiger charge is 2.20. The molecule has 1 aliphatic rings. The summed E-state index contributed by atoms with van der Waals surface area (Å²) in [6.07, 6.45) is 1.68. The number of hydrogen-bond donors (Lipinski definition) is 1. The number of hydrazone groups is 1. The van der Waals surface area contributed by atoms with E-state index in [0.717, 1.165) is 28.7 Å². The van der Waals surface area contributed by atoms with Crippen LogP contribution in [0.2, 0.25) is 0 Å². The zero-order valence-electron chi connectivity index (χ0n) is 12.9. The molecule has 1 N–H and O–H groups in total. The minimum atomic E-state index is 0.00615. The number of nitrogens with zero attached hydrogens (tertiary/aromatic N) is 3. The lowest BCUT2D eigenvalue weighted by Crippen LogP contribution is -2.32. The van der Waals surface area contributed by atoms with Gasteiger partial charge in [0.25, 0.3) is 5.56 Å². The molecule has 0 amide bonds. The van der Waals surface area contributed by atoms with Gasteiger partial charge in [0.05, 0.1) is 16.6 Å². The molecule has 1 aliphatic heterocycles. The summed E-state index contributed by atoms with van der Waals surface area (Å²) in [4.78, 5) is 17.3. The third kappa shape index (κ3) is 2.73. The van der Waals surface area contributed by atoms with Crippen LogP contribution in [0.5, 0.6) is 0 Å². The summed E-state index contributed by atoms with van der Waals surface area (Å²) in [6, 6.07) is 15.2. The fourth-order valence-electron chi connectivity index (χ4n) is 2.87. The molecule has 0 saturated carbocycles. The summed E-state index contributed by atoms with van der Waals surface area (Å²) in [7, 11) is 0. The molecule has 0 spiro atoms. The van der Waals surface area contributed by atoms with E-state index >= 15 is 0 Å². The van der Waals surface area contributed by atoms with Crippen LogP contribution in [0, 0.1) is 0 Å². The van der Waals surface area contributed by atoms with Crippen molar-refractivity contribution in [2.75, 3.05) is 5.43 Å². The van der Waals surface area contributed by atoms with Gasteiger partial charge in [-0.05, 0) is 49.2 Å². The Morgan fingerprint density at radius 3 is 2.75 bits per heavy atom. The molecule has 2 heterocycles. The molecule has 4 rings (SSSR count). The van der Waals surface area contributed by atoms with Gasteiger partial charge in [0.1, 0.15) is 5.71 Å². The third-order valence-electron chi connectivity index (χ3n) is 4.08. The fourth-order valence-corrected chi connectivity index (χ4v) is 3.14. The fraction of sp³-hybridized carbons (Fsp3) is 0.167. The summed E-state index contributed by atoms with van der Waals surface area (Å²) in [5, 5.41) is 5.16. The van der Waals surface area contributed by atoms with Crippen LogP contribution in [0.25, 0.3) is 10.9 Å². The first-order chi connectivity index (χ1) is 11.7. The van der Waals surface area contributed by atoms with E-state index in [0.29, 0.717) is 23.3 Å². The number of para-hydroxylation sites is 1. The van der Waals surface area contributed by atoms with E-state index in [1.807, 2.05) is 48.5 Å². The van der Waals surface area contributed by atoms with Crippen LogP contribution in [0.3, 0.4) is 0 Å². The van der Waals surface area contributed by atoms with E-state index in [2.05, 4.69) is 31.4 Å². The van der Waals surface area contributed by atoms with Crippen LogP contribution in [-0.4, -0.2) is 15.3 Å². The van der Waals surface area contributed by atoms with Crippen molar-refractivity contribution < 1.29 is 0 Å². The summed E-state index contributed by atoms with van der Waals surface area (Å²) in [5.74, 6) is 0.662. The summed E-state index contributed by atoms with van der Waals surface area (Å²) < 4.78 is 2.75. The predicted molar refractivity (Wildman–Crippen MR) is 99.5 cm³/mol. The predicted octanol–water partition coefficient (Wildman–Crippen LogP) is 3.77. The molecular weight excluding hydrogens is 368 g/mol. The van der Waals surface area contributed by atoms with Crippen LogP contribution in [0.1, 0.15) is 18.7 Å². The minimum Gasteiger partial charge on any atom is -0.291 e. The Morgan fingerprint density at radius 2 is 1.92 bits per heavy atom. The maximum Gasteiger partial charge on any atom is 0.261 e. The second-order valence-corrected chi connectivity index (χ2v) is 6.61. The molecule has 0 bridgehead atoms.